The highest BCUT2D eigenvalue weighted by molar-refractivity contribution is 9.08. The first kappa shape index (κ1) is 13.7. The Kier molecular flexibility index (Phi) is 4.54. The molecule has 0 amide bonds. The summed E-state index contributed by atoms with van der Waals surface area (Å²) in [7, 11) is 1.86. The molecule has 0 unspecified atom stereocenters. The zero-order chi connectivity index (χ0) is 13.1. The van der Waals surface area contributed by atoms with Gasteiger partial charge in [0.15, 0.2) is 0 Å². The monoisotopic (exact) mass is 348 g/mol. The zero-order valence-corrected chi connectivity index (χ0v) is 12.8. The van der Waals surface area contributed by atoms with Crippen molar-refractivity contribution < 1.29 is 4.74 Å². The van der Waals surface area contributed by atoms with Crippen LogP contribution in [-0.4, -0.2) is 9.78 Å². The Bertz CT molecular complexity index is 557. The molecule has 0 bridgehead atoms. The second-order valence-corrected chi connectivity index (χ2v) is 5.18. The van der Waals surface area contributed by atoms with Gasteiger partial charge in [0.25, 0.3) is 0 Å². The summed E-state index contributed by atoms with van der Waals surface area (Å²) in [6, 6.07) is 5.40. The van der Waals surface area contributed by atoms with E-state index in [0.29, 0.717) is 27.7 Å². The van der Waals surface area contributed by atoms with Crippen LogP contribution in [0, 0.1) is 0 Å². The summed E-state index contributed by atoms with van der Waals surface area (Å²) in [6.45, 7) is 0.377. The maximum atomic E-state index is 6.13. The van der Waals surface area contributed by atoms with E-state index in [9.17, 15) is 0 Å². The number of halogens is 3. The van der Waals surface area contributed by atoms with E-state index in [-0.39, 0.29) is 0 Å². The molecule has 2 rings (SSSR count). The van der Waals surface area contributed by atoms with Gasteiger partial charge in [-0.25, -0.2) is 0 Å². The molecule has 0 aliphatic heterocycles. The molecule has 0 radical (unpaired) electrons. The van der Waals surface area contributed by atoms with Crippen LogP contribution in [0.3, 0.4) is 0 Å². The number of ether oxygens (including phenoxy) is 1. The molecule has 0 saturated heterocycles. The van der Waals surface area contributed by atoms with Crippen molar-refractivity contribution in [1.82, 2.24) is 9.78 Å². The van der Waals surface area contributed by atoms with Crippen LogP contribution in [-0.2, 0) is 19.0 Å². The molecule has 0 N–H and O–H groups in total. The minimum absolute atomic E-state index is 0.377. The Morgan fingerprint density at radius 2 is 2.17 bits per heavy atom. The molecule has 0 aliphatic rings. The van der Waals surface area contributed by atoms with Gasteiger partial charge >= 0.3 is 0 Å². The zero-order valence-electron chi connectivity index (χ0n) is 9.66. The van der Waals surface area contributed by atoms with Crippen LogP contribution in [0.15, 0.2) is 24.4 Å². The Labute approximate surface area is 124 Å². The van der Waals surface area contributed by atoms with Gasteiger partial charge in [0, 0.05) is 29.2 Å². The van der Waals surface area contributed by atoms with Crippen molar-refractivity contribution >= 4 is 39.1 Å². The van der Waals surface area contributed by atoms with Crippen LogP contribution < -0.4 is 4.74 Å². The minimum Gasteiger partial charge on any atom is -0.485 e. The van der Waals surface area contributed by atoms with Crippen LogP contribution in [0.25, 0.3) is 0 Å². The summed E-state index contributed by atoms with van der Waals surface area (Å²) in [5, 5.41) is 5.97. The van der Waals surface area contributed by atoms with Gasteiger partial charge in [-0.05, 0) is 18.2 Å². The normalized spacial score (nSPS) is 10.7. The number of benzene rings is 1. The fourth-order valence-electron chi connectivity index (χ4n) is 1.56. The summed E-state index contributed by atoms with van der Waals surface area (Å²) >= 11 is 15.5. The average molecular weight is 350 g/mol. The van der Waals surface area contributed by atoms with Gasteiger partial charge in [-0.2, -0.15) is 5.10 Å². The van der Waals surface area contributed by atoms with Crippen molar-refractivity contribution in [3.05, 3.63) is 45.7 Å². The smallest absolute Gasteiger partial charge is 0.142 e. The first-order chi connectivity index (χ1) is 8.60. The number of alkyl halides is 1. The van der Waals surface area contributed by atoms with Gasteiger partial charge in [0.1, 0.15) is 12.4 Å². The maximum Gasteiger partial charge on any atom is 0.142 e. The van der Waals surface area contributed by atoms with Crippen molar-refractivity contribution in [3.8, 4) is 5.75 Å². The third-order valence-corrected chi connectivity index (χ3v) is 3.47. The molecular formula is C12H11BrCl2N2O. The van der Waals surface area contributed by atoms with Crippen LogP contribution >= 0.6 is 39.1 Å². The van der Waals surface area contributed by atoms with Crippen LogP contribution in [0.4, 0.5) is 0 Å². The number of aryl methyl sites for hydroxylation is 1. The molecule has 0 fully saturated rings. The van der Waals surface area contributed by atoms with Crippen molar-refractivity contribution in [3.63, 3.8) is 0 Å². The van der Waals surface area contributed by atoms with E-state index in [0.717, 1.165) is 11.3 Å². The molecule has 0 atom stereocenters. The lowest BCUT2D eigenvalue weighted by Crippen LogP contribution is -2.00. The number of aromatic nitrogens is 2. The molecule has 6 heteroatoms. The van der Waals surface area contributed by atoms with E-state index in [1.54, 1.807) is 10.7 Å². The summed E-state index contributed by atoms with van der Waals surface area (Å²) in [5.74, 6) is 0.642. The average Bonchev–Trinajstić information content (AvgIpc) is 2.73. The van der Waals surface area contributed by atoms with Gasteiger partial charge in [0.2, 0.25) is 0 Å². The van der Waals surface area contributed by atoms with Gasteiger partial charge in [-0.1, -0.05) is 39.1 Å². The highest BCUT2D eigenvalue weighted by atomic mass is 79.9. The maximum absolute atomic E-state index is 6.13. The second kappa shape index (κ2) is 5.95. The van der Waals surface area contributed by atoms with Gasteiger partial charge in [0.05, 0.1) is 10.7 Å². The molecule has 1 aromatic carbocycles. The Morgan fingerprint density at radius 1 is 1.39 bits per heavy atom. The van der Waals surface area contributed by atoms with Gasteiger partial charge in [-0.3, -0.25) is 4.68 Å². The third kappa shape index (κ3) is 3.19. The predicted octanol–water partition coefficient (Wildman–Crippen LogP) is 4.20. The summed E-state index contributed by atoms with van der Waals surface area (Å²) in [6.07, 6.45) is 1.87. The standard InChI is InChI=1S/C12H11BrCl2N2O/c1-17-3-2-10(16-17)7-18-12-8(6-13)4-9(14)5-11(12)15/h2-5H,6-7H2,1H3. The second-order valence-electron chi connectivity index (χ2n) is 3.78. The lowest BCUT2D eigenvalue weighted by Gasteiger charge is -2.11. The molecule has 2 aromatic rings. The summed E-state index contributed by atoms with van der Waals surface area (Å²) in [5.41, 5.74) is 1.77. The highest BCUT2D eigenvalue weighted by Gasteiger charge is 2.10. The van der Waals surface area contributed by atoms with E-state index in [1.165, 1.54) is 0 Å². The van der Waals surface area contributed by atoms with E-state index in [1.807, 2.05) is 25.4 Å². The number of hydrogen-bond acceptors (Lipinski definition) is 2. The quantitative estimate of drug-likeness (QED) is 0.773. The Balaban J connectivity index is 2.18. The molecule has 1 heterocycles. The van der Waals surface area contributed by atoms with E-state index in [4.69, 9.17) is 27.9 Å². The molecule has 0 saturated carbocycles. The van der Waals surface area contributed by atoms with Gasteiger partial charge < -0.3 is 4.74 Å². The highest BCUT2D eigenvalue weighted by Crippen LogP contribution is 2.34. The molecule has 18 heavy (non-hydrogen) atoms. The molecule has 0 aliphatic carbocycles. The van der Waals surface area contributed by atoms with Crippen molar-refractivity contribution in [2.24, 2.45) is 7.05 Å². The Morgan fingerprint density at radius 3 is 2.78 bits per heavy atom. The third-order valence-electron chi connectivity index (χ3n) is 2.36. The summed E-state index contributed by atoms with van der Waals surface area (Å²) in [4.78, 5) is 0. The fraction of sp³-hybridized carbons (Fsp3) is 0.250. The van der Waals surface area contributed by atoms with E-state index in [2.05, 4.69) is 21.0 Å². The molecule has 96 valence electrons. The lowest BCUT2D eigenvalue weighted by molar-refractivity contribution is 0.298. The van der Waals surface area contributed by atoms with Crippen molar-refractivity contribution in [1.29, 1.82) is 0 Å². The van der Waals surface area contributed by atoms with Crippen LogP contribution in [0.5, 0.6) is 5.75 Å². The number of hydrogen-bond donors (Lipinski definition) is 0. The van der Waals surface area contributed by atoms with E-state index >= 15 is 0 Å². The van der Waals surface area contributed by atoms with Crippen molar-refractivity contribution in [2.75, 3.05) is 0 Å². The Hall–Kier alpha value is -0.710. The largest absolute Gasteiger partial charge is 0.485 e. The number of nitrogens with zero attached hydrogens (tertiary/aromatic N) is 2. The molecule has 3 nitrogen and oxygen atoms in total. The minimum atomic E-state index is 0.377. The summed E-state index contributed by atoms with van der Waals surface area (Å²) < 4.78 is 7.45. The molecular weight excluding hydrogens is 339 g/mol. The van der Waals surface area contributed by atoms with Crippen LogP contribution in [0.2, 0.25) is 10.0 Å². The van der Waals surface area contributed by atoms with E-state index < -0.39 is 0 Å². The van der Waals surface area contributed by atoms with Crippen LogP contribution in [0.1, 0.15) is 11.3 Å². The fourth-order valence-corrected chi connectivity index (χ4v) is 2.57. The van der Waals surface area contributed by atoms with Crippen molar-refractivity contribution in [2.45, 2.75) is 11.9 Å². The molecule has 0 spiro atoms. The first-order valence-corrected chi connectivity index (χ1v) is 7.13. The lowest BCUT2D eigenvalue weighted by atomic mass is 10.2. The topological polar surface area (TPSA) is 27.1 Å². The number of rotatable bonds is 4. The first-order valence-electron chi connectivity index (χ1n) is 5.25. The van der Waals surface area contributed by atoms with Gasteiger partial charge in [-0.15, -0.1) is 0 Å². The SMILES string of the molecule is Cn1ccc(COc2c(Cl)cc(Cl)cc2CBr)n1. The molecule has 1 aromatic heterocycles. The predicted molar refractivity (Wildman–Crippen MR) is 76.6 cm³/mol.